The van der Waals surface area contributed by atoms with Gasteiger partial charge in [0.1, 0.15) is 5.69 Å². The number of carbonyl (C=O) groups is 2. The molecule has 3 rings (SSSR count). The van der Waals surface area contributed by atoms with Crippen LogP contribution < -0.4 is 0 Å². The quantitative estimate of drug-likeness (QED) is 0.787. The van der Waals surface area contributed by atoms with Crippen LogP contribution >= 0.6 is 15.9 Å². The zero-order valence-corrected chi connectivity index (χ0v) is 13.0. The Bertz CT molecular complexity index is 563. The first kappa shape index (κ1) is 13.7. The lowest BCUT2D eigenvalue weighted by Gasteiger charge is -2.29. The molecule has 0 spiro atoms. The molecule has 20 heavy (non-hydrogen) atoms. The maximum atomic E-state index is 12.5. The number of aromatic nitrogens is 1. The number of ether oxygens (including phenoxy) is 1. The molecule has 0 radical (unpaired) electrons. The van der Waals surface area contributed by atoms with E-state index in [0.717, 1.165) is 41.8 Å². The number of fused-ring (bicyclic) bond motifs is 1. The zero-order valence-electron chi connectivity index (χ0n) is 11.4. The summed E-state index contributed by atoms with van der Waals surface area (Å²) in [6.45, 7) is 1.57. The number of methoxy groups -OCH3 is 1. The summed E-state index contributed by atoms with van der Waals surface area (Å²) in [6, 6.07) is 2.33. The van der Waals surface area contributed by atoms with Crippen molar-refractivity contribution in [2.45, 2.75) is 38.3 Å². The van der Waals surface area contributed by atoms with Gasteiger partial charge in [0.25, 0.3) is 5.91 Å². The minimum atomic E-state index is -0.228. The van der Waals surface area contributed by atoms with E-state index in [9.17, 15) is 9.59 Å². The van der Waals surface area contributed by atoms with Gasteiger partial charge >= 0.3 is 5.97 Å². The van der Waals surface area contributed by atoms with E-state index in [4.69, 9.17) is 0 Å². The van der Waals surface area contributed by atoms with E-state index in [-0.39, 0.29) is 11.9 Å². The normalized spacial score (nSPS) is 18.1. The zero-order chi connectivity index (χ0) is 14.3. The molecule has 2 aliphatic rings. The van der Waals surface area contributed by atoms with E-state index >= 15 is 0 Å². The molecular weight excluding hydrogens is 324 g/mol. The molecule has 1 amide bonds. The molecule has 1 aromatic rings. The van der Waals surface area contributed by atoms with Crippen LogP contribution in [-0.2, 0) is 22.5 Å². The van der Waals surface area contributed by atoms with E-state index in [2.05, 4.69) is 20.7 Å². The van der Waals surface area contributed by atoms with E-state index in [1.165, 1.54) is 7.11 Å². The summed E-state index contributed by atoms with van der Waals surface area (Å²) in [4.78, 5) is 25.7. The minimum absolute atomic E-state index is 0.115. The van der Waals surface area contributed by atoms with Gasteiger partial charge in [-0.25, -0.2) is 0 Å². The van der Waals surface area contributed by atoms with Crippen LogP contribution in [0.4, 0.5) is 0 Å². The minimum Gasteiger partial charge on any atom is -0.469 e. The van der Waals surface area contributed by atoms with Crippen molar-refractivity contribution >= 4 is 27.8 Å². The van der Waals surface area contributed by atoms with Crippen LogP contribution in [0.15, 0.2) is 10.5 Å². The summed E-state index contributed by atoms with van der Waals surface area (Å²) in [7, 11) is 1.39. The Hall–Kier alpha value is -1.30. The molecule has 1 aromatic heterocycles. The van der Waals surface area contributed by atoms with Crippen molar-refractivity contribution in [3.63, 3.8) is 0 Å². The molecule has 2 heterocycles. The van der Waals surface area contributed by atoms with Crippen molar-refractivity contribution in [3.05, 3.63) is 21.9 Å². The van der Waals surface area contributed by atoms with E-state index in [1.54, 1.807) is 0 Å². The molecule has 1 saturated carbocycles. The first-order valence-electron chi connectivity index (χ1n) is 6.87. The third-order valence-electron chi connectivity index (χ3n) is 3.98. The van der Waals surface area contributed by atoms with Gasteiger partial charge < -0.3 is 14.2 Å². The van der Waals surface area contributed by atoms with Crippen LogP contribution in [0.1, 0.15) is 35.4 Å². The maximum absolute atomic E-state index is 12.5. The van der Waals surface area contributed by atoms with Crippen LogP contribution in [-0.4, -0.2) is 41.0 Å². The third-order valence-corrected chi connectivity index (χ3v) is 4.67. The van der Waals surface area contributed by atoms with Gasteiger partial charge in [0, 0.05) is 29.3 Å². The summed E-state index contributed by atoms with van der Waals surface area (Å²) in [5.41, 5.74) is 1.74. The number of carbonyl (C=O) groups excluding carboxylic acids is 2. The van der Waals surface area contributed by atoms with Gasteiger partial charge in [-0.3, -0.25) is 9.59 Å². The van der Waals surface area contributed by atoms with Crippen LogP contribution in [0, 0.1) is 0 Å². The number of rotatable bonds is 4. The van der Waals surface area contributed by atoms with Gasteiger partial charge in [0.05, 0.1) is 13.5 Å². The second-order valence-electron chi connectivity index (χ2n) is 5.28. The average molecular weight is 341 g/mol. The fourth-order valence-corrected chi connectivity index (χ4v) is 3.39. The molecule has 0 bridgehead atoms. The molecule has 0 aromatic carbocycles. The maximum Gasteiger partial charge on any atom is 0.305 e. The summed E-state index contributed by atoms with van der Waals surface area (Å²) in [5, 5.41) is 0. The smallest absolute Gasteiger partial charge is 0.305 e. The molecule has 5 nitrogen and oxygen atoms in total. The fourth-order valence-electron chi connectivity index (χ4n) is 2.76. The largest absolute Gasteiger partial charge is 0.469 e. The molecule has 0 atom stereocenters. The van der Waals surface area contributed by atoms with Crippen molar-refractivity contribution in [2.75, 3.05) is 13.7 Å². The van der Waals surface area contributed by atoms with Crippen molar-refractivity contribution in [1.82, 2.24) is 9.47 Å². The van der Waals surface area contributed by atoms with E-state index < -0.39 is 0 Å². The molecule has 1 aliphatic heterocycles. The molecule has 6 heteroatoms. The van der Waals surface area contributed by atoms with Crippen LogP contribution in [0.25, 0.3) is 0 Å². The summed E-state index contributed by atoms with van der Waals surface area (Å²) >= 11 is 3.51. The van der Waals surface area contributed by atoms with E-state index in [1.807, 2.05) is 15.5 Å². The van der Waals surface area contributed by atoms with Crippen molar-refractivity contribution in [2.24, 2.45) is 0 Å². The highest BCUT2D eigenvalue weighted by Crippen LogP contribution is 2.33. The van der Waals surface area contributed by atoms with Gasteiger partial charge in [0.15, 0.2) is 0 Å². The van der Waals surface area contributed by atoms with Crippen molar-refractivity contribution in [1.29, 1.82) is 0 Å². The lowest BCUT2D eigenvalue weighted by Crippen LogP contribution is -2.41. The monoisotopic (exact) mass is 340 g/mol. The highest BCUT2D eigenvalue weighted by atomic mass is 79.9. The summed E-state index contributed by atoms with van der Waals surface area (Å²) < 4.78 is 7.61. The molecule has 1 aliphatic carbocycles. The average Bonchev–Trinajstić information content (AvgIpc) is 3.21. The Morgan fingerprint density at radius 1 is 1.45 bits per heavy atom. The van der Waals surface area contributed by atoms with Crippen molar-refractivity contribution in [3.8, 4) is 0 Å². The SMILES string of the molecule is COC(=O)CCc1c(Br)cc2n1CCN(C1CC1)C2=O. The third kappa shape index (κ3) is 2.37. The molecule has 0 unspecified atom stereocenters. The lowest BCUT2D eigenvalue weighted by atomic mass is 10.2. The summed E-state index contributed by atoms with van der Waals surface area (Å²) in [5.74, 6) is -0.113. The number of nitrogens with zero attached hydrogens (tertiary/aromatic N) is 2. The Labute approximate surface area is 126 Å². The van der Waals surface area contributed by atoms with Crippen molar-refractivity contribution < 1.29 is 14.3 Å². The van der Waals surface area contributed by atoms with Crippen LogP contribution in [0.5, 0.6) is 0 Å². The molecule has 0 N–H and O–H groups in total. The Morgan fingerprint density at radius 3 is 2.85 bits per heavy atom. The molecule has 1 fully saturated rings. The highest BCUT2D eigenvalue weighted by molar-refractivity contribution is 9.10. The number of hydrogen-bond acceptors (Lipinski definition) is 3. The van der Waals surface area contributed by atoms with Crippen LogP contribution in [0.2, 0.25) is 0 Å². The number of esters is 1. The summed E-state index contributed by atoms with van der Waals surface area (Å²) in [6.07, 6.45) is 3.18. The molecular formula is C14H17BrN2O3. The Kier molecular flexibility index (Phi) is 3.58. The van der Waals surface area contributed by atoms with Gasteiger partial charge in [-0.2, -0.15) is 0 Å². The number of hydrogen-bond donors (Lipinski definition) is 0. The first-order valence-corrected chi connectivity index (χ1v) is 7.67. The molecule has 0 saturated heterocycles. The van der Waals surface area contributed by atoms with Gasteiger partial charge in [-0.1, -0.05) is 0 Å². The standard InChI is InChI=1S/C14H17BrN2O3/c1-20-13(18)5-4-11-10(15)8-12-14(19)16(9-2-3-9)6-7-17(11)12/h8-9H,2-7H2,1H3. The fraction of sp³-hybridized carbons (Fsp3) is 0.571. The molecule has 108 valence electrons. The second-order valence-corrected chi connectivity index (χ2v) is 6.14. The van der Waals surface area contributed by atoms with Gasteiger partial charge in [0.2, 0.25) is 0 Å². The first-order chi connectivity index (χ1) is 9.61. The van der Waals surface area contributed by atoms with E-state index in [0.29, 0.717) is 18.9 Å². The number of amides is 1. The van der Waals surface area contributed by atoms with Gasteiger partial charge in [-0.05, 0) is 41.3 Å². The Balaban J connectivity index is 1.82. The Morgan fingerprint density at radius 2 is 2.20 bits per heavy atom. The predicted molar refractivity (Wildman–Crippen MR) is 76.5 cm³/mol. The predicted octanol–water partition coefficient (Wildman–Crippen LogP) is 1.97. The van der Waals surface area contributed by atoms with Gasteiger partial charge in [-0.15, -0.1) is 0 Å². The highest BCUT2D eigenvalue weighted by Gasteiger charge is 2.37. The van der Waals surface area contributed by atoms with Crippen LogP contribution in [0.3, 0.4) is 0 Å². The topological polar surface area (TPSA) is 51.5 Å². The lowest BCUT2D eigenvalue weighted by molar-refractivity contribution is -0.140. The number of halogens is 1. The second kappa shape index (κ2) is 5.24.